The maximum atomic E-state index is 13.3. The Labute approximate surface area is 184 Å². The number of H-pyrrole nitrogens is 1. The zero-order chi connectivity index (χ0) is 22.4. The number of hydrogen-bond donors (Lipinski definition) is 2. The third kappa shape index (κ3) is 3.36. The van der Waals surface area contributed by atoms with Crippen molar-refractivity contribution < 1.29 is 14.7 Å². The average Bonchev–Trinajstić information content (AvgIpc) is 3.34. The molecule has 3 amide bonds. The van der Waals surface area contributed by atoms with Gasteiger partial charge in [0.05, 0.1) is 29.6 Å². The molecule has 1 fully saturated rings. The summed E-state index contributed by atoms with van der Waals surface area (Å²) in [6.07, 6.45) is 5.55. The minimum atomic E-state index is -1.02. The number of urea groups is 1. The third-order valence-electron chi connectivity index (χ3n) is 6.24. The predicted octanol–water partition coefficient (Wildman–Crippen LogP) is 1.76. The number of aromatic nitrogens is 4. The average molecular weight is 435 g/mol. The maximum absolute atomic E-state index is 13.3. The summed E-state index contributed by atoms with van der Waals surface area (Å²) in [6, 6.07) is 3.65. The number of fused-ring (bicyclic) bond motifs is 3. The number of amides is 3. The molecule has 10 heteroatoms. The Morgan fingerprint density at radius 3 is 2.72 bits per heavy atom. The summed E-state index contributed by atoms with van der Waals surface area (Å²) in [6.45, 7) is 2.93. The van der Waals surface area contributed by atoms with Crippen LogP contribution in [0.25, 0.3) is 22.3 Å². The van der Waals surface area contributed by atoms with Crippen molar-refractivity contribution in [3.8, 4) is 11.3 Å². The quantitative estimate of drug-likeness (QED) is 0.647. The molecule has 2 N–H and O–H groups in total. The van der Waals surface area contributed by atoms with Crippen LogP contribution in [0.3, 0.4) is 0 Å². The van der Waals surface area contributed by atoms with Crippen LogP contribution in [0.15, 0.2) is 30.7 Å². The van der Waals surface area contributed by atoms with Gasteiger partial charge in [0.2, 0.25) is 0 Å². The second-order valence-electron chi connectivity index (χ2n) is 8.42. The molecule has 2 aliphatic rings. The Kier molecular flexibility index (Phi) is 5.01. The van der Waals surface area contributed by atoms with Crippen molar-refractivity contribution in [3.63, 3.8) is 0 Å². The van der Waals surface area contributed by atoms with Crippen molar-refractivity contribution in [1.82, 2.24) is 30.0 Å². The van der Waals surface area contributed by atoms with Crippen molar-refractivity contribution >= 4 is 28.7 Å². The van der Waals surface area contributed by atoms with E-state index < -0.39 is 6.10 Å². The summed E-state index contributed by atoms with van der Waals surface area (Å²) in [5.41, 5.74) is 4.76. The first kappa shape index (κ1) is 20.4. The molecule has 0 unspecified atom stereocenters. The Balaban J connectivity index is 1.55. The summed E-state index contributed by atoms with van der Waals surface area (Å²) in [7, 11) is 1.78. The van der Waals surface area contributed by atoms with E-state index in [1.807, 2.05) is 23.2 Å². The highest BCUT2D eigenvalue weighted by Gasteiger charge is 2.38. The molecule has 0 bridgehead atoms. The lowest BCUT2D eigenvalue weighted by Crippen LogP contribution is -2.55. The van der Waals surface area contributed by atoms with E-state index >= 15 is 0 Å². The van der Waals surface area contributed by atoms with Gasteiger partial charge in [0.1, 0.15) is 11.6 Å². The number of anilines is 1. The molecule has 5 rings (SSSR count). The summed E-state index contributed by atoms with van der Waals surface area (Å²) in [5, 5.41) is 16.4. The fraction of sp³-hybridized carbons (Fsp3) is 0.409. The van der Waals surface area contributed by atoms with Crippen LogP contribution in [0.2, 0.25) is 0 Å². The second-order valence-corrected chi connectivity index (χ2v) is 8.42. The highest BCUT2D eigenvalue weighted by atomic mass is 16.3. The molecule has 1 saturated heterocycles. The Bertz CT molecular complexity index is 1170. The van der Waals surface area contributed by atoms with Crippen molar-refractivity contribution in [1.29, 1.82) is 0 Å². The van der Waals surface area contributed by atoms with Crippen LogP contribution < -0.4 is 4.90 Å². The molecule has 0 saturated carbocycles. The van der Waals surface area contributed by atoms with E-state index in [-0.39, 0.29) is 18.0 Å². The van der Waals surface area contributed by atoms with Crippen LogP contribution in [-0.2, 0) is 11.3 Å². The van der Waals surface area contributed by atoms with Crippen LogP contribution in [0.1, 0.15) is 25.3 Å². The van der Waals surface area contributed by atoms with Crippen LogP contribution in [-0.4, -0.2) is 79.3 Å². The fourth-order valence-electron chi connectivity index (χ4n) is 4.58. The van der Waals surface area contributed by atoms with Crippen molar-refractivity contribution in [2.24, 2.45) is 0 Å². The van der Waals surface area contributed by atoms with Crippen molar-refractivity contribution in [2.75, 3.05) is 25.0 Å². The lowest BCUT2D eigenvalue weighted by molar-refractivity contribution is -0.140. The third-order valence-corrected chi connectivity index (χ3v) is 6.24. The Morgan fingerprint density at radius 2 is 2.03 bits per heavy atom. The molecular weight excluding hydrogens is 410 g/mol. The lowest BCUT2D eigenvalue weighted by Gasteiger charge is -2.43. The number of carbonyl (C=O) groups excluding carboxylic acids is 2. The molecule has 1 atom stereocenters. The summed E-state index contributed by atoms with van der Waals surface area (Å²) < 4.78 is 0. The number of aromatic amines is 1. The summed E-state index contributed by atoms with van der Waals surface area (Å²) in [4.78, 5) is 40.1. The van der Waals surface area contributed by atoms with Gasteiger partial charge < -0.3 is 14.9 Å². The number of likely N-dealkylation sites (tertiary alicyclic amines) is 1. The van der Waals surface area contributed by atoms with E-state index in [0.717, 1.165) is 28.0 Å². The normalized spacial score (nSPS) is 18.2. The van der Waals surface area contributed by atoms with Crippen LogP contribution >= 0.6 is 0 Å². The number of aliphatic hydroxyl groups is 1. The van der Waals surface area contributed by atoms with Crippen molar-refractivity contribution in [2.45, 2.75) is 38.5 Å². The zero-order valence-electron chi connectivity index (χ0n) is 18.0. The van der Waals surface area contributed by atoms with Gasteiger partial charge in [-0.05, 0) is 31.9 Å². The van der Waals surface area contributed by atoms with Gasteiger partial charge in [-0.1, -0.05) is 0 Å². The van der Waals surface area contributed by atoms with Gasteiger partial charge in [-0.25, -0.2) is 9.78 Å². The van der Waals surface area contributed by atoms with Gasteiger partial charge in [0.25, 0.3) is 5.91 Å². The fourth-order valence-corrected chi connectivity index (χ4v) is 4.58. The highest BCUT2D eigenvalue weighted by molar-refractivity contribution is 6.04. The van der Waals surface area contributed by atoms with Gasteiger partial charge in [-0.3, -0.25) is 19.8 Å². The number of hydrogen-bond acceptors (Lipinski definition) is 6. The topological polar surface area (TPSA) is 119 Å². The minimum absolute atomic E-state index is 0.0768. The van der Waals surface area contributed by atoms with Crippen molar-refractivity contribution in [3.05, 3.63) is 36.3 Å². The minimum Gasteiger partial charge on any atom is -0.384 e. The predicted molar refractivity (Wildman–Crippen MR) is 118 cm³/mol. The standard InChI is InChI=1S/C22H25N7O3/c1-13(30)21(31)28-7-5-16(6-8-28)29-20-15(12-27(2)22(29)32)9-23-18-4-3-17(26-19(18)20)14-10-24-25-11-14/h3-4,9-11,13,16,30H,5-8,12H2,1-2H3,(H,24,25)/t13-/m0/s1. The van der Waals surface area contributed by atoms with E-state index in [1.54, 1.807) is 29.2 Å². The van der Waals surface area contributed by atoms with E-state index in [4.69, 9.17) is 4.98 Å². The first-order valence-electron chi connectivity index (χ1n) is 10.7. The van der Waals surface area contributed by atoms with Crippen LogP contribution in [0.5, 0.6) is 0 Å². The van der Waals surface area contributed by atoms with Gasteiger partial charge in [-0.2, -0.15) is 5.10 Å². The lowest BCUT2D eigenvalue weighted by atomic mass is 9.99. The van der Waals surface area contributed by atoms with E-state index in [2.05, 4.69) is 15.2 Å². The smallest absolute Gasteiger partial charge is 0.324 e. The van der Waals surface area contributed by atoms with Gasteiger partial charge in [-0.15, -0.1) is 0 Å². The summed E-state index contributed by atoms with van der Waals surface area (Å²) in [5.74, 6) is -0.271. The number of rotatable bonds is 3. The second kappa shape index (κ2) is 7.86. The molecule has 2 aliphatic heterocycles. The molecule has 0 aliphatic carbocycles. The first-order valence-corrected chi connectivity index (χ1v) is 10.7. The molecule has 0 aromatic carbocycles. The number of aliphatic hydroxyl groups excluding tert-OH is 1. The Morgan fingerprint density at radius 1 is 1.25 bits per heavy atom. The van der Waals surface area contributed by atoms with E-state index in [9.17, 15) is 14.7 Å². The zero-order valence-corrected chi connectivity index (χ0v) is 18.0. The molecule has 0 radical (unpaired) electrons. The molecular formula is C22H25N7O3. The van der Waals surface area contributed by atoms with E-state index in [1.165, 1.54) is 6.92 Å². The first-order chi connectivity index (χ1) is 15.4. The number of nitrogens with zero attached hydrogens (tertiary/aromatic N) is 6. The SMILES string of the molecule is C[C@H](O)C(=O)N1CCC(N2C(=O)N(C)Cc3cnc4ccc(-c5cn[nH]c5)nc4c32)CC1. The molecule has 32 heavy (non-hydrogen) atoms. The maximum Gasteiger partial charge on any atom is 0.324 e. The van der Waals surface area contributed by atoms with Crippen LogP contribution in [0.4, 0.5) is 10.5 Å². The van der Waals surface area contributed by atoms with Gasteiger partial charge in [0.15, 0.2) is 0 Å². The van der Waals surface area contributed by atoms with Crippen LogP contribution in [0, 0.1) is 0 Å². The highest BCUT2D eigenvalue weighted by Crippen LogP contribution is 2.37. The molecule has 0 spiro atoms. The molecule has 5 heterocycles. The number of nitrogens with one attached hydrogen (secondary N) is 1. The molecule has 166 valence electrons. The molecule has 3 aromatic heterocycles. The molecule has 3 aromatic rings. The monoisotopic (exact) mass is 435 g/mol. The summed E-state index contributed by atoms with van der Waals surface area (Å²) >= 11 is 0. The molecule has 10 nitrogen and oxygen atoms in total. The Hall–Kier alpha value is -3.53. The van der Waals surface area contributed by atoms with Gasteiger partial charge in [0, 0.05) is 49.7 Å². The number of carbonyl (C=O) groups is 2. The largest absolute Gasteiger partial charge is 0.384 e. The van der Waals surface area contributed by atoms with Gasteiger partial charge >= 0.3 is 6.03 Å². The number of pyridine rings is 2. The number of piperidine rings is 1. The van der Waals surface area contributed by atoms with E-state index in [0.29, 0.717) is 38.0 Å².